The summed E-state index contributed by atoms with van der Waals surface area (Å²) in [5.74, 6) is -0.751. The molecule has 0 aliphatic rings. The maximum atomic E-state index is 11.6. The van der Waals surface area contributed by atoms with E-state index in [1.54, 1.807) is 0 Å². The Bertz CT molecular complexity index is 763. The fraction of sp³-hybridized carbons (Fsp3) is 0.0909. The number of carbonyl (C=O) groups excluding carboxylic acids is 1. The van der Waals surface area contributed by atoms with E-state index in [0.29, 0.717) is 15.0 Å². The summed E-state index contributed by atoms with van der Waals surface area (Å²) in [4.78, 5) is 21.5. The van der Waals surface area contributed by atoms with Crippen LogP contribution in [-0.2, 0) is 4.79 Å². The van der Waals surface area contributed by atoms with Gasteiger partial charge in [-0.15, -0.1) is 10.2 Å². The number of aromatic nitrogens is 2. The summed E-state index contributed by atoms with van der Waals surface area (Å²) in [6.45, 7) is 0. The van der Waals surface area contributed by atoms with Crippen LogP contribution >= 0.6 is 23.1 Å². The molecule has 0 unspecified atom stereocenters. The van der Waals surface area contributed by atoms with Gasteiger partial charge in [0.2, 0.25) is 5.13 Å². The van der Waals surface area contributed by atoms with E-state index in [-0.39, 0.29) is 11.7 Å². The van der Waals surface area contributed by atoms with Crippen LogP contribution in [0.4, 0.5) is 10.8 Å². The second-order valence-electron chi connectivity index (χ2n) is 3.99. The quantitative estimate of drug-likeness (QED) is 0.300. The lowest BCUT2D eigenvalue weighted by Gasteiger charge is -1.99. The summed E-state index contributed by atoms with van der Waals surface area (Å²) in [7, 11) is 0. The topological polar surface area (TPSA) is 157 Å². The van der Waals surface area contributed by atoms with Crippen LogP contribution in [0.25, 0.3) is 0 Å². The van der Waals surface area contributed by atoms with Crippen molar-refractivity contribution in [1.82, 2.24) is 15.6 Å². The Morgan fingerprint density at radius 1 is 1.57 bits per heavy atom. The molecule has 1 aromatic carbocycles. The number of nitrogens with one attached hydrogen (secondary N) is 1. The van der Waals surface area contributed by atoms with E-state index in [1.807, 2.05) is 0 Å². The third kappa shape index (κ3) is 4.89. The average Bonchev–Trinajstić information content (AvgIpc) is 2.92. The predicted octanol–water partition coefficient (Wildman–Crippen LogP) is 0.976. The van der Waals surface area contributed by atoms with Crippen LogP contribution in [-0.4, -0.2) is 38.1 Å². The van der Waals surface area contributed by atoms with Crippen molar-refractivity contribution < 1.29 is 14.8 Å². The lowest BCUT2D eigenvalue weighted by atomic mass is 10.2. The van der Waals surface area contributed by atoms with Gasteiger partial charge in [0, 0.05) is 11.6 Å². The number of nitrogens with two attached hydrogens (primary N) is 1. The molecule has 0 fully saturated rings. The van der Waals surface area contributed by atoms with Gasteiger partial charge in [0.25, 0.3) is 5.91 Å². The molecule has 0 bridgehead atoms. The van der Waals surface area contributed by atoms with Crippen molar-refractivity contribution in [3.05, 3.63) is 33.9 Å². The molecule has 2 aromatic rings. The molecule has 120 valence electrons. The van der Waals surface area contributed by atoms with E-state index >= 15 is 0 Å². The summed E-state index contributed by atoms with van der Waals surface area (Å²) >= 11 is 2.33. The molecule has 0 aliphatic carbocycles. The number of carbonyl (C=O) groups is 1. The molecule has 0 aliphatic heterocycles. The van der Waals surface area contributed by atoms with Gasteiger partial charge in [-0.1, -0.05) is 23.1 Å². The zero-order valence-corrected chi connectivity index (χ0v) is 13.0. The maximum Gasteiger partial charge on any atom is 0.311 e. The van der Waals surface area contributed by atoms with Crippen molar-refractivity contribution in [1.29, 1.82) is 0 Å². The van der Waals surface area contributed by atoms with Gasteiger partial charge in [-0.05, 0) is 12.1 Å². The molecule has 0 saturated heterocycles. The van der Waals surface area contributed by atoms with Crippen molar-refractivity contribution in [2.45, 2.75) is 4.34 Å². The van der Waals surface area contributed by atoms with Gasteiger partial charge >= 0.3 is 5.69 Å². The Balaban J connectivity index is 1.87. The van der Waals surface area contributed by atoms with Crippen LogP contribution < -0.4 is 11.2 Å². The first-order chi connectivity index (χ1) is 11.0. The fourth-order valence-corrected chi connectivity index (χ4v) is 2.81. The number of nitrogen functional groups attached to an aromatic ring is 1. The molecule has 0 saturated carbocycles. The van der Waals surface area contributed by atoms with Crippen LogP contribution in [0, 0.1) is 10.1 Å². The summed E-state index contributed by atoms with van der Waals surface area (Å²) in [6, 6.07) is 3.75. The smallest absolute Gasteiger partial charge is 0.311 e. The minimum absolute atomic E-state index is 0.0711. The number of nitro benzene ring substituents is 1. The van der Waals surface area contributed by atoms with Crippen LogP contribution in [0.3, 0.4) is 0 Å². The van der Waals surface area contributed by atoms with Gasteiger partial charge in [-0.3, -0.25) is 14.9 Å². The number of anilines is 1. The zero-order valence-electron chi connectivity index (χ0n) is 11.4. The highest BCUT2D eigenvalue weighted by molar-refractivity contribution is 8.01. The summed E-state index contributed by atoms with van der Waals surface area (Å²) in [6.07, 6.45) is 1.23. The van der Waals surface area contributed by atoms with Crippen LogP contribution in [0.2, 0.25) is 0 Å². The molecule has 10 nitrogen and oxygen atoms in total. The largest absolute Gasteiger partial charge is 0.502 e. The summed E-state index contributed by atoms with van der Waals surface area (Å²) < 4.78 is 0.566. The number of benzene rings is 1. The van der Waals surface area contributed by atoms with Crippen molar-refractivity contribution in [2.24, 2.45) is 5.10 Å². The van der Waals surface area contributed by atoms with Gasteiger partial charge in [0.1, 0.15) is 0 Å². The number of phenols is 1. The number of amides is 1. The van der Waals surface area contributed by atoms with Gasteiger partial charge in [0.15, 0.2) is 10.1 Å². The molecule has 2 rings (SSSR count). The van der Waals surface area contributed by atoms with E-state index in [0.717, 1.165) is 17.8 Å². The van der Waals surface area contributed by atoms with Crippen molar-refractivity contribution >= 4 is 46.0 Å². The van der Waals surface area contributed by atoms with Gasteiger partial charge in [0.05, 0.1) is 16.9 Å². The van der Waals surface area contributed by atoms with Gasteiger partial charge < -0.3 is 10.8 Å². The van der Waals surface area contributed by atoms with Crippen molar-refractivity contribution in [3.8, 4) is 5.75 Å². The van der Waals surface area contributed by atoms with E-state index in [2.05, 4.69) is 20.7 Å². The number of phenolic OH excluding ortho intramolecular Hbond substituents is 1. The number of hydrogen-bond donors (Lipinski definition) is 3. The molecular weight excluding hydrogens is 344 g/mol. The lowest BCUT2D eigenvalue weighted by molar-refractivity contribution is -0.385. The standard InChI is InChI=1S/C11H10N6O4S2/c12-10-15-16-11(23-10)22-5-9(19)14-13-4-6-1-2-8(18)7(3-6)17(20)21/h1-4,18H,5H2,(H2,12,15)(H,14,19). The third-order valence-corrected chi connectivity index (χ3v) is 4.23. The minimum Gasteiger partial charge on any atom is -0.502 e. The summed E-state index contributed by atoms with van der Waals surface area (Å²) in [5.41, 5.74) is 7.61. The Morgan fingerprint density at radius 2 is 2.35 bits per heavy atom. The van der Waals surface area contributed by atoms with E-state index in [9.17, 15) is 20.0 Å². The molecule has 23 heavy (non-hydrogen) atoms. The number of thioether (sulfide) groups is 1. The minimum atomic E-state index is -0.713. The molecule has 0 spiro atoms. The highest BCUT2D eigenvalue weighted by atomic mass is 32.2. The van der Waals surface area contributed by atoms with Crippen LogP contribution in [0.15, 0.2) is 27.6 Å². The highest BCUT2D eigenvalue weighted by Gasteiger charge is 2.12. The maximum absolute atomic E-state index is 11.6. The number of hydrogen-bond acceptors (Lipinski definition) is 10. The van der Waals surface area contributed by atoms with E-state index < -0.39 is 16.4 Å². The van der Waals surface area contributed by atoms with Crippen LogP contribution in [0.1, 0.15) is 5.56 Å². The first-order valence-corrected chi connectivity index (χ1v) is 7.77. The first kappa shape index (κ1) is 16.6. The molecule has 12 heteroatoms. The summed E-state index contributed by atoms with van der Waals surface area (Å²) in [5, 5.41) is 31.4. The lowest BCUT2D eigenvalue weighted by Crippen LogP contribution is -2.19. The Morgan fingerprint density at radius 3 is 3.00 bits per heavy atom. The molecule has 4 N–H and O–H groups in total. The Labute approximate surface area is 137 Å². The first-order valence-electron chi connectivity index (χ1n) is 5.97. The normalized spacial score (nSPS) is 10.8. The Kier molecular flexibility index (Phi) is 5.43. The average molecular weight is 354 g/mol. The molecule has 1 aromatic heterocycles. The predicted molar refractivity (Wildman–Crippen MR) is 85.5 cm³/mol. The number of hydrazone groups is 1. The molecule has 1 heterocycles. The van der Waals surface area contributed by atoms with E-state index in [1.165, 1.54) is 29.7 Å². The van der Waals surface area contributed by atoms with Crippen molar-refractivity contribution in [2.75, 3.05) is 11.5 Å². The van der Waals surface area contributed by atoms with E-state index in [4.69, 9.17) is 5.73 Å². The fourth-order valence-electron chi connectivity index (χ4n) is 1.38. The monoisotopic (exact) mass is 354 g/mol. The number of rotatable bonds is 6. The molecule has 1 amide bonds. The molecule has 0 atom stereocenters. The number of nitrogens with zero attached hydrogens (tertiary/aromatic N) is 4. The van der Waals surface area contributed by atoms with Gasteiger partial charge in [-0.25, -0.2) is 5.43 Å². The molecular formula is C11H10N6O4S2. The Hall–Kier alpha value is -2.73. The van der Waals surface area contributed by atoms with Crippen molar-refractivity contribution in [3.63, 3.8) is 0 Å². The number of aromatic hydroxyl groups is 1. The van der Waals surface area contributed by atoms with Crippen LogP contribution in [0.5, 0.6) is 5.75 Å². The molecule has 0 radical (unpaired) electrons. The zero-order chi connectivity index (χ0) is 16.8. The van der Waals surface area contributed by atoms with Gasteiger partial charge in [-0.2, -0.15) is 5.10 Å². The second kappa shape index (κ2) is 7.51. The SMILES string of the molecule is Nc1nnc(SCC(=O)NN=Cc2ccc(O)c([N+](=O)[O-])c2)s1. The third-order valence-electron chi connectivity index (χ3n) is 2.35. The second-order valence-corrected chi connectivity index (χ2v) is 6.22. The number of nitro groups is 1. The highest BCUT2D eigenvalue weighted by Crippen LogP contribution is 2.25.